The molecule has 5 rings (SSSR count). The molecule has 2 aromatic rings. The van der Waals surface area contributed by atoms with E-state index in [-0.39, 0.29) is 30.4 Å². The number of aryl methyl sites for hydroxylation is 1. The second kappa shape index (κ2) is 9.16. The first-order valence-corrected chi connectivity index (χ1v) is 13.0. The smallest absolute Gasteiger partial charge is 0.243 e. The normalized spacial score (nSPS) is 20.4. The van der Waals surface area contributed by atoms with Gasteiger partial charge in [-0.1, -0.05) is 18.0 Å². The second-order valence-corrected chi connectivity index (χ2v) is 10.8. The van der Waals surface area contributed by atoms with E-state index in [1.54, 1.807) is 17.9 Å². The predicted octanol–water partition coefficient (Wildman–Crippen LogP) is 1.04. The van der Waals surface area contributed by atoms with E-state index in [0.29, 0.717) is 49.5 Å². The van der Waals surface area contributed by atoms with Crippen molar-refractivity contribution in [1.82, 2.24) is 24.7 Å². The van der Waals surface area contributed by atoms with Crippen LogP contribution in [0.1, 0.15) is 37.4 Å². The van der Waals surface area contributed by atoms with Crippen LogP contribution < -0.4 is 14.8 Å². The number of benzene rings is 1. The van der Waals surface area contributed by atoms with Crippen LogP contribution in [0.5, 0.6) is 11.5 Å². The number of carbonyl (C=O) groups excluding carboxylic acids is 1. The van der Waals surface area contributed by atoms with Crippen LogP contribution in [-0.4, -0.2) is 79.6 Å². The van der Waals surface area contributed by atoms with Gasteiger partial charge in [0.15, 0.2) is 17.3 Å². The van der Waals surface area contributed by atoms with Crippen LogP contribution in [0, 0.1) is 6.92 Å². The zero-order valence-electron chi connectivity index (χ0n) is 19.2. The lowest BCUT2D eigenvalue weighted by Gasteiger charge is -2.35. The monoisotopic (exact) mass is 491 g/mol. The van der Waals surface area contributed by atoms with E-state index in [2.05, 4.69) is 15.5 Å². The second-order valence-electron chi connectivity index (χ2n) is 8.87. The van der Waals surface area contributed by atoms with Gasteiger partial charge < -0.3 is 18.9 Å². The summed E-state index contributed by atoms with van der Waals surface area (Å²) in [6.45, 7) is 3.86. The Morgan fingerprint density at radius 1 is 1.09 bits per heavy atom. The summed E-state index contributed by atoms with van der Waals surface area (Å²) in [6.07, 6.45) is 3.76. The molecule has 1 aliphatic carbocycles. The average molecular weight is 492 g/mol. The molecule has 1 amide bonds. The molecule has 1 saturated carbocycles. The molecule has 0 atom stereocenters. The van der Waals surface area contributed by atoms with E-state index in [1.807, 2.05) is 0 Å². The maximum atomic E-state index is 13.1. The van der Waals surface area contributed by atoms with Gasteiger partial charge in [-0.3, -0.25) is 10.1 Å². The first-order chi connectivity index (χ1) is 16.4. The van der Waals surface area contributed by atoms with Crippen molar-refractivity contribution in [2.75, 3.05) is 45.9 Å². The molecule has 0 unspecified atom stereocenters. The van der Waals surface area contributed by atoms with Gasteiger partial charge in [0.05, 0.1) is 17.0 Å². The Bertz CT molecular complexity index is 1150. The Hall–Kier alpha value is -2.70. The number of hydrogen-bond donors (Lipinski definition) is 1. The zero-order valence-corrected chi connectivity index (χ0v) is 20.0. The van der Waals surface area contributed by atoms with E-state index in [0.717, 1.165) is 25.7 Å². The standard InChI is InChI=1S/C22H29N5O6S/c1-16-24-21(25-33-16)22(6-2-3-7-22)23-15-20(28)26-8-10-27(11-9-26)34(29,30)17-4-5-18-19(14-17)32-13-12-31-18/h4-5,14,23H,2-3,6-13,15H2,1H3. The fourth-order valence-electron chi connectivity index (χ4n) is 4.82. The summed E-state index contributed by atoms with van der Waals surface area (Å²) in [5.41, 5.74) is -0.448. The minimum absolute atomic E-state index is 0.0668. The first-order valence-electron chi connectivity index (χ1n) is 11.6. The molecule has 1 aromatic heterocycles. The molecule has 0 bridgehead atoms. The Balaban J connectivity index is 1.19. The number of piperazine rings is 1. The third-order valence-electron chi connectivity index (χ3n) is 6.73. The third kappa shape index (κ3) is 4.37. The van der Waals surface area contributed by atoms with Gasteiger partial charge in [-0.25, -0.2) is 8.42 Å². The number of ether oxygens (including phenoxy) is 2. The number of fused-ring (bicyclic) bond motifs is 1. The Morgan fingerprint density at radius 2 is 1.79 bits per heavy atom. The van der Waals surface area contributed by atoms with Gasteiger partial charge in [0, 0.05) is 39.2 Å². The van der Waals surface area contributed by atoms with Crippen LogP contribution in [0.15, 0.2) is 27.6 Å². The summed E-state index contributed by atoms with van der Waals surface area (Å²) < 4.78 is 43.9. The molecule has 2 fully saturated rings. The van der Waals surface area contributed by atoms with Gasteiger partial charge >= 0.3 is 0 Å². The minimum atomic E-state index is -3.70. The summed E-state index contributed by atoms with van der Waals surface area (Å²) >= 11 is 0. The molecule has 11 nitrogen and oxygen atoms in total. The number of aromatic nitrogens is 2. The Morgan fingerprint density at radius 3 is 2.47 bits per heavy atom. The number of sulfonamides is 1. The zero-order chi connectivity index (χ0) is 23.8. The molecular weight excluding hydrogens is 462 g/mol. The van der Waals surface area contributed by atoms with Crippen LogP contribution >= 0.6 is 0 Å². The van der Waals surface area contributed by atoms with Gasteiger partial charge in [0.2, 0.25) is 21.8 Å². The molecule has 1 saturated heterocycles. The number of nitrogens with zero attached hydrogens (tertiary/aromatic N) is 4. The molecular formula is C22H29N5O6S. The van der Waals surface area contributed by atoms with Crippen molar-refractivity contribution in [2.24, 2.45) is 0 Å². The van der Waals surface area contributed by atoms with Gasteiger partial charge in [-0.05, 0) is 25.0 Å². The fraction of sp³-hybridized carbons (Fsp3) is 0.591. The highest BCUT2D eigenvalue weighted by Gasteiger charge is 2.40. The highest BCUT2D eigenvalue weighted by molar-refractivity contribution is 7.89. The van der Waals surface area contributed by atoms with Crippen molar-refractivity contribution in [3.8, 4) is 11.5 Å². The van der Waals surface area contributed by atoms with E-state index in [4.69, 9.17) is 14.0 Å². The van der Waals surface area contributed by atoms with Crippen molar-refractivity contribution in [3.63, 3.8) is 0 Å². The van der Waals surface area contributed by atoms with Crippen molar-refractivity contribution in [2.45, 2.75) is 43.0 Å². The maximum Gasteiger partial charge on any atom is 0.243 e. The highest BCUT2D eigenvalue weighted by atomic mass is 32.2. The topological polar surface area (TPSA) is 127 Å². The van der Waals surface area contributed by atoms with Crippen molar-refractivity contribution >= 4 is 15.9 Å². The molecule has 3 heterocycles. The van der Waals surface area contributed by atoms with Gasteiger partial charge in [-0.15, -0.1) is 0 Å². The molecule has 1 N–H and O–H groups in total. The molecule has 12 heteroatoms. The maximum absolute atomic E-state index is 13.1. The predicted molar refractivity (Wildman–Crippen MR) is 120 cm³/mol. The summed E-state index contributed by atoms with van der Waals surface area (Å²) in [4.78, 5) is 19.2. The number of hydrogen-bond acceptors (Lipinski definition) is 9. The minimum Gasteiger partial charge on any atom is -0.486 e. The average Bonchev–Trinajstić information content (AvgIpc) is 3.52. The van der Waals surface area contributed by atoms with Crippen LogP contribution in [0.2, 0.25) is 0 Å². The number of amides is 1. The van der Waals surface area contributed by atoms with Crippen LogP contribution in [0.25, 0.3) is 0 Å². The third-order valence-corrected chi connectivity index (χ3v) is 8.63. The van der Waals surface area contributed by atoms with E-state index in [9.17, 15) is 13.2 Å². The lowest BCUT2D eigenvalue weighted by molar-refractivity contribution is -0.131. The summed E-state index contributed by atoms with van der Waals surface area (Å²) in [5.74, 6) is 2.02. The number of carbonyl (C=O) groups is 1. The lowest BCUT2D eigenvalue weighted by Crippen LogP contribution is -2.54. The van der Waals surface area contributed by atoms with Crippen molar-refractivity contribution < 1.29 is 27.2 Å². The molecule has 1 aromatic carbocycles. The van der Waals surface area contributed by atoms with Crippen LogP contribution in [-0.2, 0) is 20.4 Å². The number of rotatable bonds is 6. The number of nitrogens with one attached hydrogen (secondary N) is 1. The van der Waals surface area contributed by atoms with Gasteiger partial charge in [0.1, 0.15) is 13.2 Å². The summed E-state index contributed by atoms with van der Waals surface area (Å²) in [7, 11) is -3.70. The molecule has 0 radical (unpaired) electrons. The quantitative estimate of drug-likeness (QED) is 0.630. The van der Waals surface area contributed by atoms with E-state index < -0.39 is 15.6 Å². The highest BCUT2D eigenvalue weighted by Crippen LogP contribution is 2.37. The molecule has 34 heavy (non-hydrogen) atoms. The SMILES string of the molecule is Cc1nc(C2(NCC(=O)N3CCN(S(=O)(=O)c4ccc5c(c4)OCCO5)CC3)CCCC2)no1. The summed E-state index contributed by atoms with van der Waals surface area (Å²) in [6, 6.07) is 4.66. The Labute approximate surface area is 198 Å². The van der Waals surface area contributed by atoms with Crippen molar-refractivity contribution in [1.29, 1.82) is 0 Å². The van der Waals surface area contributed by atoms with E-state index in [1.165, 1.54) is 16.4 Å². The largest absolute Gasteiger partial charge is 0.486 e. The summed E-state index contributed by atoms with van der Waals surface area (Å²) in [5, 5.41) is 7.47. The molecule has 184 valence electrons. The molecule has 2 aliphatic heterocycles. The molecule has 0 spiro atoms. The van der Waals surface area contributed by atoms with Gasteiger partial charge in [-0.2, -0.15) is 9.29 Å². The van der Waals surface area contributed by atoms with Crippen LogP contribution in [0.4, 0.5) is 0 Å². The Kier molecular flexibility index (Phi) is 6.21. The molecule has 3 aliphatic rings. The fourth-order valence-corrected chi connectivity index (χ4v) is 6.26. The first kappa shape index (κ1) is 23.1. The van der Waals surface area contributed by atoms with Crippen LogP contribution in [0.3, 0.4) is 0 Å². The van der Waals surface area contributed by atoms with Crippen molar-refractivity contribution in [3.05, 3.63) is 29.9 Å². The lowest BCUT2D eigenvalue weighted by atomic mass is 9.96. The van der Waals surface area contributed by atoms with E-state index >= 15 is 0 Å². The van der Waals surface area contributed by atoms with Gasteiger partial charge in [0.25, 0.3) is 0 Å².